The largest absolute Gasteiger partial charge is 0.350 e. The lowest BCUT2D eigenvalue weighted by Crippen LogP contribution is -2.26. The number of fused-ring (bicyclic) bond motifs is 2. The molecule has 0 atom stereocenters. The van der Waals surface area contributed by atoms with E-state index in [1.54, 1.807) is 30.5 Å². The van der Waals surface area contributed by atoms with Crippen LogP contribution in [0, 0.1) is 5.82 Å². The number of amides is 1. The summed E-state index contributed by atoms with van der Waals surface area (Å²) in [6.07, 6.45) is 2.25. The number of nitrogens with zero attached hydrogens (tertiary/aromatic N) is 3. The summed E-state index contributed by atoms with van der Waals surface area (Å²) in [5, 5.41) is 9.96. The van der Waals surface area contributed by atoms with Gasteiger partial charge in [0.15, 0.2) is 5.65 Å². The molecule has 3 heterocycles. The maximum Gasteiger partial charge on any atom is 0.350 e. The van der Waals surface area contributed by atoms with Crippen molar-refractivity contribution in [1.29, 1.82) is 0 Å². The molecule has 1 aromatic carbocycles. The summed E-state index contributed by atoms with van der Waals surface area (Å²) < 4.78 is 17.2. The molecular formula is C18H18FN5O2. The fourth-order valence-electron chi connectivity index (χ4n) is 3.16. The zero-order valence-corrected chi connectivity index (χ0v) is 14.0. The third-order valence-electron chi connectivity index (χ3n) is 4.52. The van der Waals surface area contributed by atoms with Crippen LogP contribution in [0.3, 0.4) is 0 Å². The Morgan fingerprint density at radius 2 is 2.19 bits per heavy atom. The van der Waals surface area contributed by atoms with E-state index in [0.717, 1.165) is 12.1 Å². The molecule has 4 rings (SSSR count). The zero-order chi connectivity index (χ0) is 18.1. The first kappa shape index (κ1) is 16.5. The van der Waals surface area contributed by atoms with Crippen molar-refractivity contribution in [3.63, 3.8) is 0 Å². The molecular weight excluding hydrogens is 337 g/mol. The van der Waals surface area contributed by atoms with E-state index in [2.05, 4.69) is 15.7 Å². The minimum Gasteiger partial charge on any atom is -0.324 e. The molecule has 0 saturated carbocycles. The van der Waals surface area contributed by atoms with Gasteiger partial charge in [-0.05, 0) is 42.3 Å². The second-order valence-electron chi connectivity index (χ2n) is 6.22. The Bertz CT molecular complexity index is 1040. The van der Waals surface area contributed by atoms with E-state index in [1.807, 2.05) is 6.07 Å². The van der Waals surface area contributed by atoms with Gasteiger partial charge in [0.1, 0.15) is 5.82 Å². The Morgan fingerprint density at radius 1 is 1.31 bits per heavy atom. The molecule has 3 aromatic rings. The molecule has 1 aliphatic heterocycles. The van der Waals surface area contributed by atoms with Gasteiger partial charge in [0.2, 0.25) is 5.91 Å². The van der Waals surface area contributed by atoms with Crippen molar-refractivity contribution in [2.24, 2.45) is 0 Å². The predicted octanol–water partition coefficient (Wildman–Crippen LogP) is 1.31. The molecule has 0 saturated heterocycles. The van der Waals surface area contributed by atoms with Crippen LogP contribution in [-0.4, -0.2) is 26.6 Å². The average Bonchev–Trinajstić information content (AvgIpc) is 2.99. The molecule has 1 amide bonds. The highest BCUT2D eigenvalue weighted by Crippen LogP contribution is 2.24. The highest BCUT2D eigenvalue weighted by Gasteiger charge is 2.17. The van der Waals surface area contributed by atoms with Crippen molar-refractivity contribution >= 4 is 17.2 Å². The van der Waals surface area contributed by atoms with Gasteiger partial charge in [0, 0.05) is 19.2 Å². The summed E-state index contributed by atoms with van der Waals surface area (Å²) in [5.41, 5.74) is 1.97. The Hall–Kier alpha value is -3.00. The third kappa shape index (κ3) is 2.99. The molecule has 0 fully saturated rings. The Kier molecular flexibility index (Phi) is 4.26. The Balaban J connectivity index is 1.46. The first-order valence-corrected chi connectivity index (χ1v) is 8.48. The van der Waals surface area contributed by atoms with E-state index in [4.69, 9.17) is 0 Å². The summed E-state index contributed by atoms with van der Waals surface area (Å²) in [7, 11) is 0. The number of pyridine rings is 1. The number of aromatic nitrogens is 3. The van der Waals surface area contributed by atoms with Crippen LogP contribution in [0.15, 0.2) is 41.3 Å². The topological polar surface area (TPSA) is 80.4 Å². The van der Waals surface area contributed by atoms with Crippen molar-refractivity contribution in [3.8, 4) is 0 Å². The Labute approximate surface area is 148 Å². The van der Waals surface area contributed by atoms with Gasteiger partial charge >= 0.3 is 5.69 Å². The molecule has 0 unspecified atom stereocenters. The maximum absolute atomic E-state index is 14.6. The predicted molar refractivity (Wildman–Crippen MR) is 94.5 cm³/mol. The number of benzene rings is 1. The summed E-state index contributed by atoms with van der Waals surface area (Å²) in [6.45, 7) is 1.48. The SMILES string of the molecule is O=C(CCn1nc2ccccn2c1=O)Nc1ccc2c(c1F)CCNC2. The van der Waals surface area contributed by atoms with E-state index in [9.17, 15) is 14.0 Å². The van der Waals surface area contributed by atoms with E-state index in [1.165, 1.54) is 9.08 Å². The number of rotatable bonds is 4. The maximum atomic E-state index is 14.6. The molecule has 2 N–H and O–H groups in total. The summed E-state index contributed by atoms with van der Waals surface area (Å²) >= 11 is 0. The van der Waals surface area contributed by atoms with Crippen LogP contribution >= 0.6 is 0 Å². The molecule has 1 aliphatic rings. The van der Waals surface area contributed by atoms with Gasteiger partial charge in [0.05, 0.1) is 12.2 Å². The van der Waals surface area contributed by atoms with Gasteiger partial charge in [-0.1, -0.05) is 12.1 Å². The second-order valence-corrected chi connectivity index (χ2v) is 6.22. The van der Waals surface area contributed by atoms with Crippen molar-refractivity contribution in [2.45, 2.75) is 25.9 Å². The lowest BCUT2D eigenvalue weighted by Gasteiger charge is -2.19. The minimum absolute atomic E-state index is 0.0296. The number of anilines is 1. The lowest BCUT2D eigenvalue weighted by atomic mass is 9.99. The van der Waals surface area contributed by atoms with Crippen LogP contribution in [0.1, 0.15) is 17.5 Å². The molecule has 26 heavy (non-hydrogen) atoms. The van der Waals surface area contributed by atoms with Crippen LogP contribution < -0.4 is 16.3 Å². The van der Waals surface area contributed by atoms with Gasteiger partial charge in [-0.25, -0.2) is 13.9 Å². The van der Waals surface area contributed by atoms with Crippen molar-refractivity contribution in [3.05, 3.63) is 64.0 Å². The molecule has 2 aromatic heterocycles. The third-order valence-corrected chi connectivity index (χ3v) is 4.52. The first-order valence-electron chi connectivity index (χ1n) is 8.48. The van der Waals surface area contributed by atoms with Crippen LogP contribution in [-0.2, 0) is 24.3 Å². The average molecular weight is 355 g/mol. The Morgan fingerprint density at radius 3 is 3.04 bits per heavy atom. The first-order chi connectivity index (χ1) is 12.6. The van der Waals surface area contributed by atoms with E-state index >= 15 is 0 Å². The molecule has 0 bridgehead atoms. The van der Waals surface area contributed by atoms with Crippen molar-refractivity contribution in [1.82, 2.24) is 19.5 Å². The van der Waals surface area contributed by atoms with Crippen LogP contribution in [0.4, 0.5) is 10.1 Å². The highest BCUT2D eigenvalue weighted by molar-refractivity contribution is 5.91. The molecule has 134 valence electrons. The van der Waals surface area contributed by atoms with Gasteiger partial charge in [-0.15, -0.1) is 5.10 Å². The number of nitrogens with one attached hydrogen (secondary N) is 2. The fraction of sp³-hybridized carbons (Fsp3) is 0.278. The monoisotopic (exact) mass is 355 g/mol. The van der Waals surface area contributed by atoms with Gasteiger partial charge in [-0.3, -0.25) is 9.20 Å². The molecule has 0 radical (unpaired) electrons. The van der Waals surface area contributed by atoms with Crippen molar-refractivity contribution < 1.29 is 9.18 Å². The summed E-state index contributed by atoms with van der Waals surface area (Å²) in [4.78, 5) is 24.4. The second kappa shape index (κ2) is 6.72. The van der Waals surface area contributed by atoms with Crippen LogP contribution in [0.5, 0.6) is 0 Å². The van der Waals surface area contributed by atoms with Gasteiger partial charge in [0.25, 0.3) is 0 Å². The molecule has 0 spiro atoms. The minimum atomic E-state index is -0.373. The lowest BCUT2D eigenvalue weighted by molar-refractivity contribution is -0.116. The standard InChI is InChI=1S/C18H18FN5O2/c19-17-13-6-8-20-11-12(13)4-5-14(17)21-16(25)7-10-24-18(26)23-9-2-1-3-15(23)22-24/h1-5,9,20H,6-8,10-11H2,(H,21,25). The summed E-state index contributed by atoms with van der Waals surface area (Å²) in [6, 6.07) is 8.65. The van der Waals surface area contributed by atoms with Gasteiger partial charge in [-0.2, -0.15) is 0 Å². The smallest absolute Gasteiger partial charge is 0.324 e. The molecule has 7 nitrogen and oxygen atoms in total. The quantitative estimate of drug-likeness (QED) is 0.740. The summed E-state index contributed by atoms with van der Waals surface area (Å²) in [5.74, 6) is -0.732. The van der Waals surface area contributed by atoms with Crippen LogP contribution in [0.2, 0.25) is 0 Å². The van der Waals surface area contributed by atoms with E-state index in [-0.39, 0.29) is 36.1 Å². The molecule has 8 heteroatoms. The molecule has 0 aliphatic carbocycles. The number of aryl methyl sites for hydroxylation is 1. The number of hydrogen-bond acceptors (Lipinski definition) is 4. The van der Waals surface area contributed by atoms with E-state index in [0.29, 0.717) is 24.2 Å². The highest BCUT2D eigenvalue weighted by atomic mass is 19.1. The zero-order valence-electron chi connectivity index (χ0n) is 14.0. The fourth-order valence-corrected chi connectivity index (χ4v) is 3.16. The number of halogens is 1. The van der Waals surface area contributed by atoms with Crippen molar-refractivity contribution in [2.75, 3.05) is 11.9 Å². The van der Waals surface area contributed by atoms with Gasteiger partial charge < -0.3 is 10.6 Å². The van der Waals surface area contributed by atoms with E-state index < -0.39 is 0 Å². The number of carbonyl (C=O) groups excluding carboxylic acids is 1. The van der Waals surface area contributed by atoms with Crippen LogP contribution in [0.25, 0.3) is 5.65 Å². The number of hydrogen-bond donors (Lipinski definition) is 2. The number of carbonyl (C=O) groups is 1. The normalized spacial score (nSPS) is 13.6.